The fourth-order valence-corrected chi connectivity index (χ4v) is 0.905. The summed E-state index contributed by atoms with van der Waals surface area (Å²) in [6.07, 6.45) is 0.298. The molecule has 0 unspecified atom stereocenters. The molecule has 0 bridgehead atoms. The minimum atomic E-state index is -2.59. The maximum atomic E-state index is 12.7. The molecule has 1 atom stereocenters. The zero-order valence-corrected chi connectivity index (χ0v) is 7.11. The van der Waals surface area contributed by atoms with Crippen LogP contribution >= 0.6 is 0 Å². The maximum Gasteiger partial charge on any atom is 0.248 e. The Morgan fingerprint density at radius 1 is 1.36 bits per heavy atom. The molecule has 0 aromatic rings. The molecular weight excluding hydrogens is 150 g/mol. The van der Waals surface area contributed by atoms with Gasteiger partial charge in [0.25, 0.3) is 0 Å². The van der Waals surface area contributed by atoms with Crippen molar-refractivity contribution in [2.24, 2.45) is 5.92 Å². The molecule has 0 fully saturated rings. The zero-order chi connectivity index (χ0) is 8.91. The van der Waals surface area contributed by atoms with Crippen molar-refractivity contribution in [1.82, 2.24) is 0 Å². The monoisotopic (exact) mass is 166 g/mol. The van der Waals surface area contributed by atoms with Gasteiger partial charge in [-0.1, -0.05) is 20.3 Å². The average molecular weight is 166 g/mol. The molecule has 0 aromatic heterocycles. The van der Waals surface area contributed by atoms with E-state index in [2.05, 4.69) is 0 Å². The molecule has 11 heavy (non-hydrogen) atoms. The largest absolute Gasteiger partial charge is 0.396 e. The summed E-state index contributed by atoms with van der Waals surface area (Å²) in [6.45, 7) is 3.14. The fourth-order valence-electron chi connectivity index (χ4n) is 0.905. The summed E-state index contributed by atoms with van der Waals surface area (Å²) in [5.74, 6) is -2.84. The molecule has 0 amide bonds. The summed E-state index contributed by atoms with van der Waals surface area (Å²) < 4.78 is 25.3. The van der Waals surface area contributed by atoms with Gasteiger partial charge in [0.05, 0.1) is 0 Å². The first kappa shape index (κ1) is 10.8. The Morgan fingerprint density at radius 3 is 2.18 bits per heavy atom. The Kier molecular flexibility index (Phi) is 4.57. The second-order valence-electron chi connectivity index (χ2n) is 2.87. The van der Waals surface area contributed by atoms with Gasteiger partial charge < -0.3 is 5.11 Å². The summed E-state index contributed by atoms with van der Waals surface area (Å²) in [5, 5.41) is 8.65. The number of rotatable bonds is 5. The van der Waals surface area contributed by atoms with Crippen LogP contribution in [0, 0.1) is 5.92 Å². The molecule has 0 spiro atoms. The third kappa shape index (κ3) is 4.30. The summed E-state index contributed by atoms with van der Waals surface area (Å²) >= 11 is 0. The Balaban J connectivity index is 3.79. The molecule has 0 aliphatic carbocycles. The van der Waals surface area contributed by atoms with Gasteiger partial charge in [-0.15, -0.1) is 0 Å². The van der Waals surface area contributed by atoms with Crippen molar-refractivity contribution in [2.45, 2.75) is 39.0 Å². The summed E-state index contributed by atoms with van der Waals surface area (Å²) in [4.78, 5) is 0. The van der Waals surface area contributed by atoms with E-state index in [1.54, 1.807) is 0 Å². The highest BCUT2D eigenvalue weighted by Gasteiger charge is 2.29. The smallest absolute Gasteiger partial charge is 0.248 e. The van der Waals surface area contributed by atoms with E-state index in [-0.39, 0.29) is 25.4 Å². The highest BCUT2D eigenvalue weighted by atomic mass is 19.3. The lowest BCUT2D eigenvalue weighted by molar-refractivity contribution is -0.0338. The van der Waals surface area contributed by atoms with E-state index in [0.717, 1.165) is 0 Å². The molecule has 0 saturated heterocycles. The first-order valence-electron chi connectivity index (χ1n) is 4.04. The van der Waals surface area contributed by atoms with Crippen molar-refractivity contribution in [3.05, 3.63) is 0 Å². The van der Waals surface area contributed by atoms with Crippen LogP contribution in [0.1, 0.15) is 33.1 Å². The molecular formula is C8H16F2O. The number of alkyl halides is 2. The van der Waals surface area contributed by atoms with Crippen molar-refractivity contribution in [2.75, 3.05) is 6.61 Å². The third-order valence-corrected chi connectivity index (χ3v) is 1.94. The summed E-state index contributed by atoms with van der Waals surface area (Å²) in [5.41, 5.74) is 0. The minimum absolute atomic E-state index is 0.133. The van der Waals surface area contributed by atoms with Crippen molar-refractivity contribution >= 4 is 0 Å². The molecule has 1 N–H and O–H groups in total. The highest BCUT2D eigenvalue weighted by molar-refractivity contribution is 4.69. The van der Waals surface area contributed by atoms with Crippen LogP contribution in [-0.4, -0.2) is 17.6 Å². The van der Waals surface area contributed by atoms with E-state index in [4.69, 9.17) is 5.11 Å². The third-order valence-electron chi connectivity index (χ3n) is 1.94. The number of hydrogen-bond acceptors (Lipinski definition) is 1. The topological polar surface area (TPSA) is 20.2 Å². The van der Waals surface area contributed by atoms with Gasteiger partial charge in [-0.25, -0.2) is 8.78 Å². The molecule has 1 nitrogen and oxygen atoms in total. The lowest BCUT2D eigenvalue weighted by Gasteiger charge is -2.19. The Labute approximate surface area is 66.4 Å². The highest BCUT2D eigenvalue weighted by Crippen LogP contribution is 2.27. The molecule has 0 saturated carbocycles. The Hall–Kier alpha value is -0.180. The van der Waals surface area contributed by atoms with Crippen LogP contribution < -0.4 is 0 Å². The molecule has 0 aliphatic rings. The molecule has 0 aliphatic heterocycles. The molecule has 68 valence electrons. The van der Waals surface area contributed by atoms with Gasteiger partial charge in [-0.05, 0) is 5.92 Å². The Bertz CT molecular complexity index is 100. The van der Waals surface area contributed by atoms with Gasteiger partial charge in [-0.3, -0.25) is 0 Å². The van der Waals surface area contributed by atoms with Gasteiger partial charge in [-0.2, -0.15) is 0 Å². The molecule has 0 rings (SSSR count). The van der Waals surface area contributed by atoms with Crippen LogP contribution in [0.2, 0.25) is 0 Å². The molecule has 0 radical (unpaired) electrons. The van der Waals surface area contributed by atoms with E-state index in [1.165, 1.54) is 6.92 Å². The van der Waals surface area contributed by atoms with E-state index in [9.17, 15) is 8.78 Å². The minimum Gasteiger partial charge on any atom is -0.396 e. The van der Waals surface area contributed by atoms with Crippen molar-refractivity contribution in [3.8, 4) is 0 Å². The number of hydrogen-bond donors (Lipinski definition) is 1. The van der Waals surface area contributed by atoms with E-state index < -0.39 is 5.92 Å². The lowest BCUT2D eigenvalue weighted by atomic mass is 9.98. The second kappa shape index (κ2) is 4.65. The van der Waals surface area contributed by atoms with Gasteiger partial charge in [0, 0.05) is 19.4 Å². The predicted octanol–water partition coefficient (Wildman–Crippen LogP) is 2.44. The van der Waals surface area contributed by atoms with E-state index in [1.807, 2.05) is 6.92 Å². The first-order valence-corrected chi connectivity index (χ1v) is 4.04. The van der Waals surface area contributed by atoms with Gasteiger partial charge in [0.2, 0.25) is 5.92 Å². The van der Waals surface area contributed by atoms with Crippen LogP contribution in [-0.2, 0) is 0 Å². The van der Waals surface area contributed by atoms with Crippen LogP contribution in [0.4, 0.5) is 8.78 Å². The number of aliphatic hydroxyl groups is 1. The van der Waals surface area contributed by atoms with E-state index in [0.29, 0.717) is 6.42 Å². The second-order valence-corrected chi connectivity index (χ2v) is 2.87. The maximum absolute atomic E-state index is 12.7. The quantitative estimate of drug-likeness (QED) is 0.665. The zero-order valence-electron chi connectivity index (χ0n) is 7.11. The molecule has 0 aromatic carbocycles. The first-order chi connectivity index (χ1) is 5.05. The van der Waals surface area contributed by atoms with Gasteiger partial charge in [0.1, 0.15) is 0 Å². The standard InChI is InChI=1S/C8H16F2O/c1-3-7(6-11)5-8(9,10)4-2/h7,11H,3-6H2,1-2H3/t7-/m1/s1. The van der Waals surface area contributed by atoms with Gasteiger partial charge >= 0.3 is 0 Å². The Morgan fingerprint density at radius 2 is 1.91 bits per heavy atom. The van der Waals surface area contributed by atoms with Crippen molar-refractivity contribution in [1.29, 1.82) is 0 Å². The summed E-state index contributed by atoms with van der Waals surface area (Å²) in [6, 6.07) is 0. The predicted molar refractivity (Wildman–Crippen MR) is 40.7 cm³/mol. The van der Waals surface area contributed by atoms with Crippen LogP contribution in [0.25, 0.3) is 0 Å². The lowest BCUT2D eigenvalue weighted by Crippen LogP contribution is -2.21. The summed E-state index contributed by atoms with van der Waals surface area (Å²) in [7, 11) is 0. The van der Waals surface area contributed by atoms with Crippen molar-refractivity contribution in [3.63, 3.8) is 0 Å². The molecule has 0 heterocycles. The fraction of sp³-hybridized carbons (Fsp3) is 1.00. The van der Waals surface area contributed by atoms with Crippen molar-refractivity contribution < 1.29 is 13.9 Å². The van der Waals surface area contributed by atoms with Crippen LogP contribution in [0.5, 0.6) is 0 Å². The molecule has 3 heteroatoms. The number of halogens is 2. The average Bonchev–Trinajstić information content (AvgIpc) is 2.00. The van der Waals surface area contributed by atoms with Crippen LogP contribution in [0.3, 0.4) is 0 Å². The SMILES string of the molecule is CC[C@@H](CO)CC(F)(F)CC. The number of aliphatic hydroxyl groups excluding tert-OH is 1. The van der Waals surface area contributed by atoms with E-state index >= 15 is 0 Å². The normalized spacial score (nSPS) is 15.0. The van der Waals surface area contributed by atoms with Crippen LogP contribution in [0.15, 0.2) is 0 Å². The van der Waals surface area contributed by atoms with Gasteiger partial charge in [0.15, 0.2) is 0 Å².